The number of pyridine rings is 1. The van der Waals surface area contributed by atoms with Crippen LogP contribution in [0.5, 0.6) is 0 Å². The van der Waals surface area contributed by atoms with Crippen LogP contribution in [0.4, 0.5) is 0 Å². The molecular formula is C18H30N6. The topological polar surface area (TPSA) is 66.6 Å². The van der Waals surface area contributed by atoms with Crippen molar-refractivity contribution in [1.82, 2.24) is 25.2 Å². The number of nitrogens with zero attached hydrogens (tertiary/aromatic N) is 4. The minimum Gasteiger partial charge on any atom is -0.356 e. The molecule has 6 nitrogen and oxygen atoms in total. The van der Waals surface area contributed by atoms with Crippen LogP contribution in [-0.2, 0) is 6.54 Å². The number of guanidine groups is 1. The number of unbranched alkanes of at least 4 members (excludes halogenated alkanes) is 2. The summed E-state index contributed by atoms with van der Waals surface area (Å²) in [5.74, 6) is 1.67. The molecule has 132 valence electrons. The molecule has 0 bridgehead atoms. The van der Waals surface area contributed by atoms with Gasteiger partial charge in [-0.05, 0) is 24.0 Å². The lowest BCUT2D eigenvalue weighted by Crippen LogP contribution is -2.42. The quantitative estimate of drug-likeness (QED) is 0.443. The first-order valence-electron chi connectivity index (χ1n) is 8.79. The van der Waals surface area contributed by atoms with Crippen LogP contribution < -0.4 is 10.6 Å². The van der Waals surface area contributed by atoms with Crippen molar-refractivity contribution in [3.8, 4) is 0 Å². The molecule has 0 atom stereocenters. The first-order chi connectivity index (χ1) is 11.6. The maximum absolute atomic E-state index is 4.30. The van der Waals surface area contributed by atoms with E-state index in [-0.39, 0.29) is 5.41 Å². The smallest absolute Gasteiger partial charge is 0.191 e. The summed E-state index contributed by atoms with van der Waals surface area (Å²) in [6.45, 7) is 8.33. The van der Waals surface area contributed by atoms with E-state index in [1.807, 2.05) is 28.8 Å². The Morgan fingerprint density at radius 1 is 1.21 bits per heavy atom. The van der Waals surface area contributed by atoms with E-state index in [1.165, 1.54) is 25.7 Å². The SMILES string of the molecule is CCCCCC(C)(C)CNC(=NC)NCc1nnc2ccccn12. The number of rotatable bonds is 8. The first-order valence-corrected chi connectivity index (χ1v) is 8.79. The molecule has 0 saturated heterocycles. The normalized spacial score (nSPS) is 12.6. The molecule has 0 unspecified atom stereocenters. The fourth-order valence-corrected chi connectivity index (χ4v) is 2.66. The third-order valence-corrected chi connectivity index (χ3v) is 4.21. The Bertz CT molecular complexity index is 658. The Hall–Kier alpha value is -2.11. The number of hydrogen-bond donors (Lipinski definition) is 2. The molecule has 2 N–H and O–H groups in total. The Labute approximate surface area is 144 Å². The molecule has 0 amide bonds. The molecule has 0 aliphatic heterocycles. The van der Waals surface area contributed by atoms with E-state index in [9.17, 15) is 0 Å². The molecule has 2 aromatic heterocycles. The van der Waals surface area contributed by atoms with E-state index < -0.39 is 0 Å². The van der Waals surface area contributed by atoms with Crippen LogP contribution in [0.1, 0.15) is 52.3 Å². The van der Waals surface area contributed by atoms with E-state index >= 15 is 0 Å². The van der Waals surface area contributed by atoms with Crippen molar-refractivity contribution in [1.29, 1.82) is 0 Å². The second-order valence-corrected chi connectivity index (χ2v) is 6.95. The van der Waals surface area contributed by atoms with Gasteiger partial charge >= 0.3 is 0 Å². The third kappa shape index (κ3) is 5.22. The molecule has 0 aliphatic rings. The highest BCUT2D eigenvalue weighted by Crippen LogP contribution is 2.22. The molecule has 0 saturated carbocycles. The fraction of sp³-hybridized carbons (Fsp3) is 0.611. The molecule has 0 spiro atoms. The molecule has 24 heavy (non-hydrogen) atoms. The highest BCUT2D eigenvalue weighted by molar-refractivity contribution is 5.79. The fourth-order valence-electron chi connectivity index (χ4n) is 2.66. The van der Waals surface area contributed by atoms with E-state index in [1.54, 1.807) is 7.05 Å². The Morgan fingerprint density at radius 2 is 2.04 bits per heavy atom. The van der Waals surface area contributed by atoms with Crippen LogP contribution in [0.3, 0.4) is 0 Å². The third-order valence-electron chi connectivity index (χ3n) is 4.21. The van der Waals surface area contributed by atoms with Gasteiger partial charge in [0.25, 0.3) is 0 Å². The second-order valence-electron chi connectivity index (χ2n) is 6.95. The number of nitrogens with one attached hydrogen (secondary N) is 2. The summed E-state index contributed by atoms with van der Waals surface area (Å²) >= 11 is 0. The molecule has 0 fully saturated rings. The zero-order valence-electron chi connectivity index (χ0n) is 15.3. The maximum Gasteiger partial charge on any atom is 0.191 e. The summed E-state index contributed by atoms with van der Waals surface area (Å²) in [6.07, 6.45) is 7.04. The Morgan fingerprint density at radius 3 is 2.79 bits per heavy atom. The van der Waals surface area contributed by atoms with Gasteiger partial charge in [-0.3, -0.25) is 9.39 Å². The van der Waals surface area contributed by atoms with Gasteiger partial charge in [-0.25, -0.2) is 0 Å². The van der Waals surface area contributed by atoms with Crippen LogP contribution in [0.25, 0.3) is 5.65 Å². The Balaban J connectivity index is 1.84. The summed E-state index contributed by atoms with van der Waals surface area (Å²) in [6, 6.07) is 5.89. The molecule has 0 aromatic carbocycles. The summed E-state index contributed by atoms with van der Waals surface area (Å²) in [5.41, 5.74) is 1.11. The number of hydrogen-bond acceptors (Lipinski definition) is 3. The minimum atomic E-state index is 0.258. The van der Waals surface area contributed by atoms with Crippen molar-refractivity contribution < 1.29 is 0 Å². The standard InChI is InChI=1S/C18H30N6/c1-5-6-8-11-18(2,3)14-21-17(19-4)20-13-16-23-22-15-10-7-9-12-24(15)16/h7,9-10,12H,5-6,8,11,13-14H2,1-4H3,(H2,19,20,21). The molecule has 2 rings (SSSR count). The van der Waals surface area contributed by atoms with Crippen LogP contribution in [0, 0.1) is 5.41 Å². The van der Waals surface area contributed by atoms with Crippen LogP contribution in [0.2, 0.25) is 0 Å². The summed E-state index contributed by atoms with van der Waals surface area (Å²) < 4.78 is 1.98. The summed E-state index contributed by atoms with van der Waals surface area (Å²) in [5, 5.41) is 15.1. The average molecular weight is 330 g/mol. The van der Waals surface area contributed by atoms with Crippen LogP contribution >= 0.6 is 0 Å². The minimum absolute atomic E-state index is 0.258. The molecular weight excluding hydrogens is 300 g/mol. The molecule has 0 aliphatic carbocycles. The maximum atomic E-state index is 4.30. The van der Waals surface area contributed by atoms with Gasteiger partial charge in [0.2, 0.25) is 0 Å². The van der Waals surface area contributed by atoms with E-state index in [2.05, 4.69) is 46.6 Å². The van der Waals surface area contributed by atoms with E-state index in [0.29, 0.717) is 6.54 Å². The molecule has 6 heteroatoms. The van der Waals surface area contributed by atoms with Crippen molar-refractivity contribution in [3.63, 3.8) is 0 Å². The van der Waals surface area contributed by atoms with E-state index in [0.717, 1.165) is 24.0 Å². The van der Waals surface area contributed by atoms with Gasteiger partial charge in [0.15, 0.2) is 17.4 Å². The lowest BCUT2D eigenvalue weighted by molar-refractivity contribution is 0.318. The van der Waals surface area contributed by atoms with Gasteiger partial charge in [-0.2, -0.15) is 0 Å². The highest BCUT2D eigenvalue weighted by atomic mass is 15.3. The number of fused-ring (bicyclic) bond motifs is 1. The lowest BCUT2D eigenvalue weighted by Gasteiger charge is -2.26. The van der Waals surface area contributed by atoms with Crippen molar-refractivity contribution in [2.75, 3.05) is 13.6 Å². The van der Waals surface area contributed by atoms with Gasteiger partial charge in [-0.15, -0.1) is 10.2 Å². The van der Waals surface area contributed by atoms with Gasteiger partial charge < -0.3 is 10.6 Å². The van der Waals surface area contributed by atoms with Gasteiger partial charge in [0.1, 0.15) is 0 Å². The number of aromatic nitrogens is 3. The van der Waals surface area contributed by atoms with Gasteiger partial charge in [-0.1, -0.05) is 46.1 Å². The van der Waals surface area contributed by atoms with Crippen LogP contribution in [0.15, 0.2) is 29.4 Å². The monoisotopic (exact) mass is 330 g/mol. The Kier molecular flexibility index (Phi) is 6.58. The molecule has 0 radical (unpaired) electrons. The van der Waals surface area contributed by atoms with Crippen molar-refractivity contribution in [2.45, 2.75) is 53.0 Å². The van der Waals surface area contributed by atoms with Gasteiger partial charge in [0.05, 0.1) is 6.54 Å². The van der Waals surface area contributed by atoms with E-state index in [4.69, 9.17) is 0 Å². The first kappa shape index (κ1) is 18.2. The second kappa shape index (κ2) is 8.66. The van der Waals surface area contributed by atoms with Crippen LogP contribution in [-0.4, -0.2) is 34.2 Å². The largest absolute Gasteiger partial charge is 0.356 e. The van der Waals surface area contributed by atoms with Crippen molar-refractivity contribution >= 4 is 11.6 Å². The summed E-state index contributed by atoms with van der Waals surface area (Å²) in [7, 11) is 1.79. The van der Waals surface area contributed by atoms with Gasteiger partial charge in [0, 0.05) is 19.8 Å². The van der Waals surface area contributed by atoms with Crippen molar-refractivity contribution in [2.24, 2.45) is 10.4 Å². The van der Waals surface area contributed by atoms with Crippen molar-refractivity contribution in [3.05, 3.63) is 30.2 Å². The average Bonchev–Trinajstić information content (AvgIpc) is 2.98. The predicted octanol–water partition coefficient (Wildman–Crippen LogP) is 3.00. The zero-order valence-corrected chi connectivity index (χ0v) is 15.3. The predicted molar refractivity (Wildman–Crippen MR) is 99.1 cm³/mol. The lowest BCUT2D eigenvalue weighted by atomic mass is 9.87. The molecule has 2 heterocycles. The molecule has 2 aromatic rings. The highest BCUT2D eigenvalue weighted by Gasteiger charge is 2.17. The summed E-state index contributed by atoms with van der Waals surface area (Å²) in [4.78, 5) is 4.30. The zero-order chi connectivity index (χ0) is 17.4. The number of aliphatic imine (C=N–C) groups is 1.